The normalized spacial score (nSPS) is 15.0. The third-order valence-corrected chi connectivity index (χ3v) is 4.52. The van der Waals surface area contributed by atoms with Crippen molar-refractivity contribution in [3.05, 3.63) is 23.2 Å². The van der Waals surface area contributed by atoms with Crippen LogP contribution in [0.4, 0.5) is 5.69 Å². The van der Waals surface area contributed by atoms with Crippen LogP contribution in [0.3, 0.4) is 0 Å². The molecule has 0 saturated carbocycles. The summed E-state index contributed by atoms with van der Waals surface area (Å²) >= 11 is 6.05. The molecule has 2 N–H and O–H groups in total. The molecule has 1 aromatic rings. The quantitative estimate of drug-likeness (QED) is 0.788. The summed E-state index contributed by atoms with van der Waals surface area (Å²) in [5.74, 6) is -1.05. The van der Waals surface area contributed by atoms with Crippen LogP contribution in [0.2, 0.25) is 5.02 Å². The van der Waals surface area contributed by atoms with Crippen LogP contribution in [0.15, 0.2) is 18.2 Å². The first-order valence-electron chi connectivity index (χ1n) is 8.51. The molecule has 0 unspecified atom stereocenters. The van der Waals surface area contributed by atoms with Crippen LogP contribution < -0.4 is 10.1 Å². The number of amides is 2. The summed E-state index contributed by atoms with van der Waals surface area (Å²) in [5.41, 5.74) is 0.517. The van der Waals surface area contributed by atoms with Crippen LogP contribution in [0, 0.1) is 11.8 Å². The van der Waals surface area contributed by atoms with Gasteiger partial charge in [-0.15, -0.1) is 0 Å². The van der Waals surface area contributed by atoms with Crippen molar-refractivity contribution in [1.82, 2.24) is 4.90 Å². The second-order valence-corrected chi connectivity index (χ2v) is 6.98. The number of hydrogen-bond donors (Lipinski definition) is 2. The van der Waals surface area contributed by atoms with E-state index in [-0.39, 0.29) is 34.4 Å². The van der Waals surface area contributed by atoms with Gasteiger partial charge in [-0.25, -0.2) is 4.79 Å². The number of piperidine rings is 1. The number of ether oxygens (including phenoxy) is 1. The van der Waals surface area contributed by atoms with Gasteiger partial charge in [0, 0.05) is 30.6 Å². The third kappa shape index (κ3) is 5.36. The average molecular weight is 383 g/mol. The molecule has 1 heterocycles. The Bertz CT molecular complexity index is 684. The first-order valence-corrected chi connectivity index (χ1v) is 8.89. The van der Waals surface area contributed by atoms with Gasteiger partial charge in [0.2, 0.25) is 11.8 Å². The molecule has 0 aliphatic carbocycles. The highest BCUT2D eigenvalue weighted by atomic mass is 35.5. The van der Waals surface area contributed by atoms with E-state index in [0.717, 1.165) is 0 Å². The van der Waals surface area contributed by atoms with E-state index >= 15 is 0 Å². The fraction of sp³-hybridized carbons (Fsp3) is 0.500. The molecular formula is C18H23ClN2O5. The lowest BCUT2D eigenvalue weighted by Crippen LogP contribution is -2.43. The van der Waals surface area contributed by atoms with E-state index in [4.69, 9.17) is 21.4 Å². The molecule has 1 aromatic carbocycles. The van der Waals surface area contributed by atoms with Crippen LogP contribution in [-0.2, 0) is 14.4 Å². The number of benzene rings is 1. The highest BCUT2D eigenvalue weighted by Crippen LogP contribution is 2.28. The molecule has 7 nitrogen and oxygen atoms in total. The minimum Gasteiger partial charge on any atom is -0.480 e. The smallest absolute Gasteiger partial charge is 0.341 e. The zero-order valence-electron chi connectivity index (χ0n) is 14.8. The standard InChI is InChI=1S/C18H23ClN2O5/c1-11(2)18(25)21-7-5-12(6-8-21)17(24)20-13-3-4-15(14(19)9-13)26-10-16(22)23/h3-4,9,11-12H,5-8,10H2,1-2H3,(H,20,24)(H,22,23). The van der Waals surface area contributed by atoms with E-state index in [1.54, 1.807) is 11.0 Å². The molecule has 0 radical (unpaired) electrons. The second-order valence-electron chi connectivity index (χ2n) is 6.57. The van der Waals surface area contributed by atoms with Gasteiger partial charge in [0.15, 0.2) is 6.61 Å². The van der Waals surface area contributed by atoms with Crippen LogP contribution >= 0.6 is 11.6 Å². The van der Waals surface area contributed by atoms with E-state index in [9.17, 15) is 14.4 Å². The number of hydrogen-bond acceptors (Lipinski definition) is 4. The van der Waals surface area contributed by atoms with Gasteiger partial charge in [0.05, 0.1) is 5.02 Å². The summed E-state index contributed by atoms with van der Waals surface area (Å²) < 4.78 is 5.05. The molecule has 0 spiro atoms. The summed E-state index contributed by atoms with van der Waals surface area (Å²) in [5, 5.41) is 11.7. The first kappa shape index (κ1) is 20.0. The van der Waals surface area contributed by atoms with Gasteiger partial charge >= 0.3 is 5.97 Å². The highest BCUT2D eigenvalue weighted by molar-refractivity contribution is 6.32. The number of rotatable bonds is 6. The van der Waals surface area contributed by atoms with E-state index in [1.807, 2.05) is 13.8 Å². The van der Waals surface area contributed by atoms with Gasteiger partial charge in [-0.3, -0.25) is 9.59 Å². The molecule has 0 atom stereocenters. The summed E-state index contributed by atoms with van der Waals surface area (Å²) in [6.45, 7) is 4.41. The Labute approximate surface area is 157 Å². The number of aliphatic carboxylic acids is 1. The van der Waals surface area contributed by atoms with Crippen LogP contribution in [-0.4, -0.2) is 47.5 Å². The van der Waals surface area contributed by atoms with Crippen LogP contribution in [0.1, 0.15) is 26.7 Å². The van der Waals surface area contributed by atoms with E-state index < -0.39 is 12.6 Å². The number of nitrogens with zero attached hydrogens (tertiary/aromatic N) is 1. The molecule has 1 aliphatic heterocycles. The molecule has 0 aromatic heterocycles. The zero-order valence-corrected chi connectivity index (χ0v) is 15.6. The fourth-order valence-electron chi connectivity index (χ4n) is 2.81. The average Bonchev–Trinajstić information content (AvgIpc) is 2.60. The fourth-order valence-corrected chi connectivity index (χ4v) is 3.04. The van der Waals surface area contributed by atoms with E-state index in [0.29, 0.717) is 31.6 Å². The van der Waals surface area contributed by atoms with Crippen molar-refractivity contribution in [1.29, 1.82) is 0 Å². The minimum absolute atomic E-state index is 0.0376. The monoisotopic (exact) mass is 382 g/mol. The van der Waals surface area contributed by atoms with Crippen molar-refractivity contribution in [2.24, 2.45) is 11.8 Å². The Balaban J connectivity index is 1.89. The molecular weight excluding hydrogens is 360 g/mol. The predicted molar refractivity (Wildman–Crippen MR) is 97.4 cm³/mol. The maximum absolute atomic E-state index is 12.4. The summed E-state index contributed by atoms with van der Waals surface area (Å²) in [6.07, 6.45) is 1.25. The molecule has 26 heavy (non-hydrogen) atoms. The molecule has 1 saturated heterocycles. The minimum atomic E-state index is -1.10. The number of carboxylic acid groups (broad SMARTS) is 1. The summed E-state index contributed by atoms with van der Waals surface area (Å²) in [7, 11) is 0. The maximum atomic E-state index is 12.4. The lowest BCUT2D eigenvalue weighted by molar-refractivity contribution is -0.139. The Morgan fingerprint density at radius 1 is 1.31 bits per heavy atom. The molecule has 1 fully saturated rings. The molecule has 142 valence electrons. The van der Waals surface area contributed by atoms with Gasteiger partial charge in [-0.1, -0.05) is 25.4 Å². The third-order valence-electron chi connectivity index (χ3n) is 4.22. The van der Waals surface area contributed by atoms with Crippen molar-refractivity contribution in [2.45, 2.75) is 26.7 Å². The number of likely N-dealkylation sites (tertiary alicyclic amines) is 1. The van der Waals surface area contributed by atoms with Crippen molar-refractivity contribution in [2.75, 3.05) is 25.0 Å². The Morgan fingerprint density at radius 3 is 2.50 bits per heavy atom. The van der Waals surface area contributed by atoms with Crippen molar-refractivity contribution < 1.29 is 24.2 Å². The SMILES string of the molecule is CC(C)C(=O)N1CCC(C(=O)Nc2ccc(OCC(=O)O)c(Cl)c2)CC1. The van der Waals surface area contributed by atoms with E-state index in [2.05, 4.69) is 5.32 Å². The summed E-state index contributed by atoms with van der Waals surface area (Å²) in [4.78, 5) is 36.7. The number of carboxylic acids is 1. The van der Waals surface area contributed by atoms with Gasteiger partial charge < -0.3 is 20.1 Å². The number of nitrogens with one attached hydrogen (secondary N) is 1. The van der Waals surface area contributed by atoms with E-state index in [1.165, 1.54) is 12.1 Å². The summed E-state index contributed by atoms with van der Waals surface area (Å²) in [6, 6.07) is 4.65. The largest absolute Gasteiger partial charge is 0.480 e. The molecule has 2 amide bonds. The Hall–Kier alpha value is -2.28. The maximum Gasteiger partial charge on any atom is 0.341 e. The van der Waals surface area contributed by atoms with Crippen LogP contribution in [0.25, 0.3) is 0 Å². The Morgan fingerprint density at radius 2 is 1.96 bits per heavy atom. The van der Waals surface area contributed by atoms with Crippen molar-refractivity contribution in [3.8, 4) is 5.75 Å². The first-order chi connectivity index (χ1) is 12.3. The van der Waals surface area contributed by atoms with Gasteiger partial charge in [-0.05, 0) is 31.0 Å². The van der Waals surface area contributed by atoms with Crippen LogP contribution in [0.5, 0.6) is 5.75 Å². The van der Waals surface area contributed by atoms with Gasteiger partial charge in [0.25, 0.3) is 0 Å². The predicted octanol–water partition coefficient (Wildman–Crippen LogP) is 2.64. The zero-order chi connectivity index (χ0) is 19.3. The highest BCUT2D eigenvalue weighted by Gasteiger charge is 2.28. The van der Waals surface area contributed by atoms with Gasteiger partial charge in [-0.2, -0.15) is 0 Å². The molecule has 8 heteroatoms. The number of halogens is 1. The number of anilines is 1. The van der Waals surface area contributed by atoms with Crippen molar-refractivity contribution in [3.63, 3.8) is 0 Å². The van der Waals surface area contributed by atoms with Crippen molar-refractivity contribution >= 4 is 35.1 Å². The number of carbonyl (C=O) groups is 3. The molecule has 0 bridgehead atoms. The second kappa shape index (κ2) is 8.89. The Kier molecular flexibility index (Phi) is 6.85. The number of carbonyl (C=O) groups excluding carboxylic acids is 2. The topological polar surface area (TPSA) is 95.9 Å². The molecule has 1 aliphatic rings. The van der Waals surface area contributed by atoms with Gasteiger partial charge in [0.1, 0.15) is 5.75 Å². The molecule has 2 rings (SSSR count). The lowest BCUT2D eigenvalue weighted by atomic mass is 9.95. The lowest BCUT2D eigenvalue weighted by Gasteiger charge is -2.32.